The molecule has 2 nitrogen and oxygen atoms in total. The molecule has 2 heteroatoms. The van der Waals surface area contributed by atoms with Crippen molar-refractivity contribution in [3.05, 3.63) is 12.8 Å². The van der Waals surface area contributed by atoms with Crippen LogP contribution in [-0.4, -0.2) is 11.4 Å². The highest BCUT2D eigenvalue weighted by atomic mass is 16.6. The molecule has 0 amide bonds. The van der Waals surface area contributed by atoms with Crippen molar-refractivity contribution < 1.29 is 9.84 Å². The quantitative estimate of drug-likeness (QED) is 0.351. The number of hydrogen-bond acceptors (Lipinski definition) is 2. The van der Waals surface area contributed by atoms with Crippen LogP contribution in [0, 0.1) is 0 Å². The Hall–Kier alpha value is -0.500. The molecular weight excluding hydrogens is 128 g/mol. The van der Waals surface area contributed by atoms with Crippen molar-refractivity contribution in [2.24, 2.45) is 0 Å². The molecule has 0 rings (SSSR count). The van der Waals surface area contributed by atoms with Gasteiger partial charge in [-0.1, -0.05) is 26.3 Å². The minimum Gasteiger partial charge on any atom is -0.473 e. The Morgan fingerprint density at radius 3 is 2.80 bits per heavy atom. The van der Waals surface area contributed by atoms with E-state index in [4.69, 9.17) is 9.84 Å². The van der Waals surface area contributed by atoms with E-state index in [1.165, 1.54) is 12.7 Å². The average molecular weight is 144 g/mol. The lowest BCUT2D eigenvalue weighted by Crippen LogP contribution is -2.07. The SMILES string of the molecule is C=CO[C@H](O)CCCCC. The van der Waals surface area contributed by atoms with Gasteiger partial charge in [-0.05, 0) is 6.42 Å². The van der Waals surface area contributed by atoms with E-state index in [1.54, 1.807) is 0 Å². The minimum atomic E-state index is -0.649. The van der Waals surface area contributed by atoms with Crippen LogP contribution in [0.4, 0.5) is 0 Å². The van der Waals surface area contributed by atoms with Gasteiger partial charge < -0.3 is 9.84 Å². The highest BCUT2D eigenvalue weighted by Gasteiger charge is 1.99. The van der Waals surface area contributed by atoms with Crippen LogP contribution in [-0.2, 0) is 4.74 Å². The van der Waals surface area contributed by atoms with Crippen LogP contribution in [0.1, 0.15) is 32.6 Å². The highest BCUT2D eigenvalue weighted by Crippen LogP contribution is 2.03. The van der Waals surface area contributed by atoms with Crippen LogP contribution in [0.3, 0.4) is 0 Å². The summed E-state index contributed by atoms with van der Waals surface area (Å²) in [6.07, 6.45) is 4.67. The molecular formula is C8H16O2. The van der Waals surface area contributed by atoms with Crippen molar-refractivity contribution in [3.63, 3.8) is 0 Å². The molecule has 0 aliphatic rings. The second-order valence-electron chi connectivity index (χ2n) is 2.25. The van der Waals surface area contributed by atoms with E-state index < -0.39 is 6.29 Å². The van der Waals surface area contributed by atoms with Gasteiger partial charge in [-0.25, -0.2) is 0 Å². The molecule has 0 saturated carbocycles. The van der Waals surface area contributed by atoms with Gasteiger partial charge in [-0.15, -0.1) is 0 Å². The maximum Gasteiger partial charge on any atom is 0.196 e. The Morgan fingerprint density at radius 2 is 2.30 bits per heavy atom. The summed E-state index contributed by atoms with van der Waals surface area (Å²) < 4.78 is 4.71. The average Bonchev–Trinajstić information content (AvgIpc) is 1.89. The third kappa shape index (κ3) is 5.63. The first-order valence-electron chi connectivity index (χ1n) is 3.75. The Bertz CT molecular complexity index is 81.3. The van der Waals surface area contributed by atoms with Gasteiger partial charge in [-0.2, -0.15) is 0 Å². The van der Waals surface area contributed by atoms with Gasteiger partial charge in [0.15, 0.2) is 6.29 Å². The first-order chi connectivity index (χ1) is 4.81. The Labute approximate surface area is 62.5 Å². The molecule has 1 atom stereocenters. The Balaban J connectivity index is 3.04. The van der Waals surface area contributed by atoms with Gasteiger partial charge in [0.1, 0.15) is 0 Å². The second-order valence-corrected chi connectivity index (χ2v) is 2.25. The van der Waals surface area contributed by atoms with E-state index in [0.717, 1.165) is 12.8 Å². The third-order valence-corrected chi connectivity index (χ3v) is 1.31. The monoisotopic (exact) mass is 144 g/mol. The lowest BCUT2D eigenvalue weighted by molar-refractivity contribution is -0.0569. The fourth-order valence-electron chi connectivity index (χ4n) is 0.748. The van der Waals surface area contributed by atoms with E-state index in [1.807, 2.05) is 0 Å². The Morgan fingerprint density at radius 1 is 1.60 bits per heavy atom. The number of hydrogen-bond donors (Lipinski definition) is 1. The molecule has 0 fully saturated rings. The van der Waals surface area contributed by atoms with Gasteiger partial charge >= 0.3 is 0 Å². The summed E-state index contributed by atoms with van der Waals surface area (Å²) in [5, 5.41) is 8.98. The minimum absolute atomic E-state index is 0.649. The largest absolute Gasteiger partial charge is 0.473 e. The summed E-state index contributed by atoms with van der Waals surface area (Å²) >= 11 is 0. The zero-order valence-corrected chi connectivity index (χ0v) is 6.55. The predicted molar refractivity (Wildman–Crippen MR) is 41.4 cm³/mol. The van der Waals surface area contributed by atoms with Crippen molar-refractivity contribution >= 4 is 0 Å². The lowest BCUT2D eigenvalue weighted by Gasteiger charge is -2.07. The highest BCUT2D eigenvalue weighted by molar-refractivity contribution is 4.52. The van der Waals surface area contributed by atoms with Gasteiger partial charge in [-0.3, -0.25) is 0 Å². The summed E-state index contributed by atoms with van der Waals surface area (Å²) in [6, 6.07) is 0. The number of rotatable bonds is 6. The third-order valence-electron chi connectivity index (χ3n) is 1.31. The molecule has 0 radical (unpaired) electrons. The second kappa shape index (κ2) is 6.62. The fraction of sp³-hybridized carbons (Fsp3) is 0.750. The van der Waals surface area contributed by atoms with Crippen molar-refractivity contribution in [1.29, 1.82) is 0 Å². The molecule has 0 aromatic carbocycles. The molecule has 0 spiro atoms. The standard InChI is InChI=1S/C8H16O2/c1-3-5-6-7-8(9)10-4-2/h4,8-9H,2-3,5-7H2,1H3/t8-/m0/s1. The molecule has 0 aromatic rings. The van der Waals surface area contributed by atoms with Crippen LogP contribution in [0.5, 0.6) is 0 Å². The number of unbranched alkanes of at least 4 members (excludes halogenated alkanes) is 2. The normalized spacial score (nSPS) is 12.6. The van der Waals surface area contributed by atoms with Gasteiger partial charge in [0, 0.05) is 6.42 Å². The Kier molecular flexibility index (Phi) is 6.29. The fourth-order valence-corrected chi connectivity index (χ4v) is 0.748. The van der Waals surface area contributed by atoms with Crippen LogP contribution in [0.15, 0.2) is 12.8 Å². The number of aliphatic hydroxyl groups is 1. The molecule has 0 aliphatic carbocycles. The van der Waals surface area contributed by atoms with Gasteiger partial charge in [0.05, 0.1) is 6.26 Å². The molecule has 0 bridgehead atoms. The van der Waals surface area contributed by atoms with E-state index in [9.17, 15) is 0 Å². The van der Waals surface area contributed by atoms with E-state index in [-0.39, 0.29) is 0 Å². The van der Waals surface area contributed by atoms with Crippen LogP contribution in [0.2, 0.25) is 0 Å². The number of aliphatic hydroxyl groups excluding tert-OH is 1. The molecule has 60 valence electrons. The summed E-state index contributed by atoms with van der Waals surface area (Å²) in [6.45, 7) is 5.47. The van der Waals surface area contributed by atoms with E-state index in [0.29, 0.717) is 6.42 Å². The van der Waals surface area contributed by atoms with Crippen molar-refractivity contribution in [2.75, 3.05) is 0 Å². The van der Waals surface area contributed by atoms with E-state index >= 15 is 0 Å². The molecule has 10 heavy (non-hydrogen) atoms. The van der Waals surface area contributed by atoms with Gasteiger partial charge in [0.2, 0.25) is 0 Å². The summed E-state index contributed by atoms with van der Waals surface area (Å²) in [5.41, 5.74) is 0. The summed E-state index contributed by atoms with van der Waals surface area (Å²) in [5.74, 6) is 0. The molecule has 1 N–H and O–H groups in total. The maximum absolute atomic E-state index is 8.98. The predicted octanol–water partition coefficient (Wildman–Crippen LogP) is 2.05. The lowest BCUT2D eigenvalue weighted by atomic mass is 10.2. The molecule has 0 saturated heterocycles. The maximum atomic E-state index is 8.98. The van der Waals surface area contributed by atoms with Crippen LogP contribution < -0.4 is 0 Å². The van der Waals surface area contributed by atoms with Gasteiger partial charge in [0.25, 0.3) is 0 Å². The molecule has 0 heterocycles. The molecule has 0 aliphatic heterocycles. The van der Waals surface area contributed by atoms with Crippen molar-refractivity contribution in [2.45, 2.75) is 38.9 Å². The molecule has 0 aromatic heterocycles. The van der Waals surface area contributed by atoms with Crippen molar-refractivity contribution in [1.82, 2.24) is 0 Å². The summed E-state index contributed by atoms with van der Waals surface area (Å²) in [7, 11) is 0. The van der Waals surface area contributed by atoms with Crippen LogP contribution in [0.25, 0.3) is 0 Å². The van der Waals surface area contributed by atoms with Crippen molar-refractivity contribution in [3.8, 4) is 0 Å². The van der Waals surface area contributed by atoms with Crippen LogP contribution >= 0.6 is 0 Å². The first-order valence-corrected chi connectivity index (χ1v) is 3.75. The molecule has 0 unspecified atom stereocenters. The topological polar surface area (TPSA) is 29.5 Å². The number of ether oxygens (including phenoxy) is 1. The van der Waals surface area contributed by atoms with E-state index in [2.05, 4.69) is 13.5 Å². The first kappa shape index (κ1) is 9.50. The smallest absolute Gasteiger partial charge is 0.196 e. The zero-order chi connectivity index (χ0) is 7.82. The summed E-state index contributed by atoms with van der Waals surface area (Å²) in [4.78, 5) is 0. The zero-order valence-electron chi connectivity index (χ0n) is 6.55.